The van der Waals surface area contributed by atoms with Gasteiger partial charge in [-0.2, -0.15) is 0 Å². The maximum atomic E-state index is 13.7. The summed E-state index contributed by atoms with van der Waals surface area (Å²) in [6.07, 6.45) is 1.47. The van der Waals surface area contributed by atoms with Gasteiger partial charge in [-0.1, -0.05) is 0 Å². The Balaban J connectivity index is 1.84. The molecular weight excluding hydrogens is 415 g/mol. The number of nitro groups is 1. The number of rotatable bonds is 6. The molecule has 1 heterocycles. The Hall–Kier alpha value is -3.80. The molecule has 2 N–H and O–H groups in total. The van der Waals surface area contributed by atoms with Crippen molar-refractivity contribution in [2.75, 3.05) is 10.6 Å². The van der Waals surface area contributed by atoms with E-state index in [1.807, 2.05) is 0 Å². The zero-order valence-corrected chi connectivity index (χ0v) is 16.6. The molecule has 3 aromatic rings. The number of carbonyl (C=O) groups excluding carboxylic acids is 2. The number of aromatic nitrogens is 3. The molecule has 0 aliphatic rings. The summed E-state index contributed by atoms with van der Waals surface area (Å²) in [5, 5.41) is 24.4. The number of anilines is 2. The van der Waals surface area contributed by atoms with Gasteiger partial charge in [-0.3, -0.25) is 19.7 Å². The number of carbonyl (C=O) groups is 2. The number of nitrogens with zero attached hydrogens (tertiary/aromatic N) is 4. The molecule has 1 aromatic heterocycles. The van der Waals surface area contributed by atoms with Gasteiger partial charge in [0.2, 0.25) is 5.91 Å². The summed E-state index contributed by atoms with van der Waals surface area (Å²) >= 11 is 1.04. The molecule has 0 unspecified atom stereocenters. The van der Waals surface area contributed by atoms with Crippen molar-refractivity contribution >= 4 is 40.6 Å². The highest BCUT2D eigenvalue weighted by Crippen LogP contribution is 2.34. The molecule has 2 aromatic carbocycles. The van der Waals surface area contributed by atoms with Crippen LogP contribution in [0, 0.1) is 15.9 Å². The molecular formula is C18H15FN6O4S. The number of benzene rings is 2. The second-order valence-corrected chi connectivity index (χ2v) is 7.11. The number of hydrogen-bond acceptors (Lipinski definition) is 7. The molecule has 0 bridgehead atoms. The molecule has 0 fully saturated rings. The van der Waals surface area contributed by atoms with Gasteiger partial charge in [0.15, 0.2) is 5.16 Å². The minimum atomic E-state index is -0.663. The van der Waals surface area contributed by atoms with Gasteiger partial charge >= 0.3 is 0 Å². The number of halogens is 1. The van der Waals surface area contributed by atoms with Gasteiger partial charge < -0.3 is 15.2 Å². The maximum Gasteiger partial charge on any atom is 0.284 e. The minimum Gasteiger partial charge on any atom is -0.324 e. The molecule has 0 saturated heterocycles. The Kier molecular flexibility index (Phi) is 6.06. The number of nitro benzene ring substituents is 1. The van der Waals surface area contributed by atoms with E-state index in [1.165, 1.54) is 37.5 Å². The molecule has 154 valence electrons. The fourth-order valence-corrected chi connectivity index (χ4v) is 3.29. The lowest BCUT2D eigenvalue weighted by atomic mass is 10.1. The van der Waals surface area contributed by atoms with E-state index in [-0.39, 0.29) is 22.6 Å². The van der Waals surface area contributed by atoms with Crippen LogP contribution in [-0.4, -0.2) is 31.5 Å². The van der Waals surface area contributed by atoms with E-state index in [9.17, 15) is 24.1 Å². The lowest BCUT2D eigenvalue weighted by molar-refractivity contribution is -0.387. The quantitative estimate of drug-likeness (QED) is 0.453. The van der Waals surface area contributed by atoms with E-state index in [1.54, 1.807) is 11.6 Å². The first-order valence-corrected chi connectivity index (χ1v) is 9.25. The summed E-state index contributed by atoms with van der Waals surface area (Å²) in [7, 11) is 1.70. The smallest absolute Gasteiger partial charge is 0.284 e. The van der Waals surface area contributed by atoms with Crippen LogP contribution in [-0.2, 0) is 11.8 Å². The van der Waals surface area contributed by atoms with Crippen molar-refractivity contribution in [3.8, 4) is 0 Å². The van der Waals surface area contributed by atoms with E-state index in [2.05, 4.69) is 20.8 Å². The maximum absolute atomic E-state index is 13.7. The molecule has 3 rings (SSSR count). The third-order valence-electron chi connectivity index (χ3n) is 3.82. The van der Waals surface area contributed by atoms with Crippen LogP contribution in [0.2, 0.25) is 0 Å². The molecule has 12 heteroatoms. The summed E-state index contributed by atoms with van der Waals surface area (Å²) in [6, 6.07) is 7.67. The van der Waals surface area contributed by atoms with Crippen LogP contribution in [0.3, 0.4) is 0 Å². The van der Waals surface area contributed by atoms with Crippen LogP contribution in [0.1, 0.15) is 17.3 Å². The van der Waals surface area contributed by atoms with Gasteiger partial charge in [-0.25, -0.2) is 4.39 Å². The number of nitrogens with one attached hydrogen (secondary N) is 2. The second-order valence-electron chi connectivity index (χ2n) is 6.10. The third kappa shape index (κ3) is 4.78. The van der Waals surface area contributed by atoms with Crippen LogP contribution in [0.25, 0.3) is 0 Å². The highest BCUT2D eigenvalue weighted by molar-refractivity contribution is 7.99. The topological polar surface area (TPSA) is 132 Å². The Bertz CT molecular complexity index is 1150. The molecule has 2 amide bonds. The lowest BCUT2D eigenvalue weighted by Gasteiger charge is -2.10. The Morgan fingerprint density at radius 1 is 1.20 bits per heavy atom. The fraction of sp³-hybridized carbons (Fsp3) is 0.111. The Morgan fingerprint density at radius 2 is 1.97 bits per heavy atom. The molecule has 0 saturated carbocycles. The van der Waals surface area contributed by atoms with E-state index in [4.69, 9.17) is 0 Å². The van der Waals surface area contributed by atoms with Crippen LogP contribution < -0.4 is 10.6 Å². The van der Waals surface area contributed by atoms with Gasteiger partial charge in [0.1, 0.15) is 12.1 Å². The molecule has 0 aliphatic carbocycles. The predicted octanol–water partition coefficient (Wildman–Crippen LogP) is 3.22. The second kappa shape index (κ2) is 8.69. The van der Waals surface area contributed by atoms with Crippen LogP contribution in [0.15, 0.2) is 52.8 Å². The van der Waals surface area contributed by atoms with Crippen LogP contribution >= 0.6 is 11.8 Å². The van der Waals surface area contributed by atoms with Gasteiger partial charge in [0.25, 0.3) is 11.6 Å². The molecule has 0 atom stereocenters. The van der Waals surface area contributed by atoms with E-state index >= 15 is 0 Å². The van der Waals surface area contributed by atoms with E-state index < -0.39 is 22.6 Å². The summed E-state index contributed by atoms with van der Waals surface area (Å²) in [5.74, 6) is -1.76. The average Bonchev–Trinajstić information content (AvgIpc) is 3.08. The molecule has 0 radical (unpaired) electrons. The highest BCUT2D eigenvalue weighted by Gasteiger charge is 2.20. The monoisotopic (exact) mass is 430 g/mol. The van der Waals surface area contributed by atoms with Gasteiger partial charge in [0, 0.05) is 31.3 Å². The van der Waals surface area contributed by atoms with Crippen LogP contribution in [0.5, 0.6) is 0 Å². The molecule has 0 aliphatic heterocycles. The van der Waals surface area contributed by atoms with E-state index in [0.29, 0.717) is 10.1 Å². The van der Waals surface area contributed by atoms with Gasteiger partial charge in [-0.05, 0) is 42.1 Å². The predicted molar refractivity (Wildman–Crippen MR) is 107 cm³/mol. The van der Waals surface area contributed by atoms with Crippen molar-refractivity contribution in [2.45, 2.75) is 17.0 Å². The highest BCUT2D eigenvalue weighted by atomic mass is 32.2. The van der Waals surface area contributed by atoms with Gasteiger partial charge in [0.05, 0.1) is 15.5 Å². The zero-order valence-electron chi connectivity index (χ0n) is 15.7. The Labute approximate surface area is 173 Å². The number of hydrogen-bond donors (Lipinski definition) is 2. The fourth-order valence-electron chi connectivity index (χ4n) is 2.44. The normalized spacial score (nSPS) is 10.5. The van der Waals surface area contributed by atoms with Crippen molar-refractivity contribution < 1.29 is 18.9 Å². The zero-order chi connectivity index (χ0) is 21.8. The average molecular weight is 430 g/mol. The largest absolute Gasteiger partial charge is 0.324 e. The Morgan fingerprint density at radius 3 is 2.60 bits per heavy atom. The minimum absolute atomic E-state index is 0.0365. The molecule has 30 heavy (non-hydrogen) atoms. The van der Waals surface area contributed by atoms with Crippen molar-refractivity contribution in [1.82, 2.24) is 14.8 Å². The molecule has 0 spiro atoms. The summed E-state index contributed by atoms with van der Waals surface area (Å²) in [6.45, 7) is 1.23. The standard InChI is InChI=1S/C18H15FN6O4S/c1-10(26)21-14-8-12(4-5-13(14)19)22-17(27)11-3-6-16(15(7-11)25(28)29)30-18-23-20-9-24(18)2/h3-9H,1-2H3,(H,21,26)(H,22,27). The van der Waals surface area contributed by atoms with Crippen molar-refractivity contribution in [2.24, 2.45) is 7.05 Å². The lowest BCUT2D eigenvalue weighted by Crippen LogP contribution is -2.13. The third-order valence-corrected chi connectivity index (χ3v) is 4.94. The van der Waals surface area contributed by atoms with Crippen LogP contribution in [0.4, 0.5) is 21.5 Å². The van der Waals surface area contributed by atoms with E-state index in [0.717, 1.165) is 23.9 Å². The van der Waals surface area contributed by atoms with Crippen molar-refractivity contribution in [3.05, 3.63) is 64.2 Å². The first-order chi connectivity index (χ1) is 14.2. The number of aryl methyl sites for hydroxylation is 1. The van der Waals surface area contributed by atoms with Crippen molar-refractivity contribution in [1.29, 1.82) is 0 Å². The molecule has 10 nitrogen and oxygen atoms in total. The number of amides is 2. The van der Waals surface area contributed by atoms with Crippen molar-refractivity contribution in [3.63, 3.8) is 0 Å². The summed E-state index contributed by atoms with van der Waals surface area (Å²) in [5.41, 5.74) is -0.116. The van der Waals surface area contributed by atoms with Gasteiger partial charge in [-0.15, -0.1) is 10.2 Å². The first kappa shape index (κ1) is 20.9. The summed E-state index contributed by atoms with van der Waals surface area (Å²) in [4.78, 5) is 34.9. The first-order valence-electron chi connectivity index (χ1n) is 8.43. The SMILES string of the molecule is CC(=O)Nc1cc(NC(=O)c2ccc(Sc3nncn3C)c([N+](=O)[O-])c2)ccc1F. The summed E-state index contributed by atoms with van der Waals surface area (Å²) < 4.78 is 15.4.